The van der Waals surface area contributed by atoms with E-state index in [2.05, 4.69) is 20.5 Å². The highest BCUT2D eigenvalue weighted by atomic mass is 35.5. The number of benzene rings is 1. The average Bonchev–Trinajstić information content (AvgIpc) is 3.15. The van der Waals surface area contributed by atoms with Crippen LogP contribution in [-0.2, 0) is 16.0 Å². The van der Waals surface area contributed by atoms with Gasteiger partial charge in [0.25, 0.3) is 0 Å². The van der Waals surface area contributed by atoms with Crippen molar-refractivity contribution in [3.8, 4) is 16.3 Å². The summed E-state index contributed by atoms with van der Waals surface area (Å²) in [5.41, 5.74) is 1.34. The number of nitrogens with one attached hydrogen (secondary N) is 2. The predicted molar refractivity (Wildman–Crippen MR) is 112 cm³/mol. The molecule has 0 atom stereocenters. The lowest BCUT2D eigenvalue weighted by atomic mass is 10.2. The number of aliphatic carboxylic acids is 1. The van der Waals surface area contributed by atoms with Gasteiger partial charge < -0.3 is 20.5 Å². The van der Waals surface area contributed by atoms with Gasteiger partial charge in [-0.15, -0.1) is 11.3 Å². The van der Waals surface area contributed by atoms with Crippen LogP contribution in [0, 0.1) is 0 Å². The van der Waals surface area contributed by atoms with Crippen LogP contribution in [0.4, 0.5) is 0 Å². The number of hydrogen-bond donors (Lipinski definition) is 3. The number of halogens is 1. The second kappa shape index (κ2) is 10.5. The summed E-state index contributed by atoms with van der Waals surface area (Å²) in [6.07, 6.45) is 0.0224. The molecule has 0 radical (unpaired) electrons. The van der Waals surface area contributed by atoms with Crippen molar-refractivity contribution in [2.75, 3.05) is 45.9 Å². The van der Waals surface area contributed by atoms with Crippen LogP contribution in [0.25, 0.3) is 10.6 Å². The van der Waals surface area contributed by atoms with Gasteiger partial charge in [-0.1, -0.05) is 11.6 Å². The number of ether oxygens (including phenoxy) is 1. The fraction of sp³-hybridized carbons (Fsp3) is 0.421. The lowest BCUT2D eigenvalue weighted by Gasteiger charge is -2.26. The normalized spacial score (nSPS) is 14.5. The second-order valence-corrected chi connectivity index (χ2v) is 7.84. The number of carboxylic acids is 1. The van der Waals surface area contributed by atoms with Crippen LogP contribution in [0.1, 0.15) is 5.69 Å². The number of piperazine rings is 1. The first-order valence-corrected chi connectivity index (χ1v) is 10.6. The Morgan fingerprint density at radius 1 is 1.34 bits per heavy atom. The predicted octanol–water partition coefficient (Wildman–Crippen LogP) is 1.49. The van der Waals surface area contributed by atoms with Crippen molar-refractivity contribution in [1.82, 2.24) is 20.5 Å². The van der Waals surface area contributed by atoms with Gasteiger partial charge in [-0.3, -0.25) is 14.5 Å². The Balaban J connectivity index is 1.53. The Morgan fingerprint density at radius 2 is 2.14 bits per heavy atom. The van der Waals surface area contributed by atoms with Crippen molar-refractivity contribution in [2.45, 2.75) is 6.42 Å². The largest absolute Gasteiger partial charge is 0.492 e. The number of thiazole rings is 1. The lowest BCUT2D eigenvalue weighted by Crippen LogP contribution is -2.44. The molecule has 0 unspecified atom stereocenters. The van der Waals surface area contributed by atoms with Gasteiger partial charge in [-0.05, 0) is 18.2 Å². The highest BCUT2D eigenvalue weighted by Gasteiger charge is 2.13. The highest BCUT2D eigenvalue weighted by Crippen LogP contribution is 2.33. The molecule has 3 N–H and O–H groups in total. The minimum Gasteiger partial charge on any atom is -0.492 e. The Kier molecular flexibility index (Phi) is 7.82. The molecular weight excluding hydrogens is 416 g/mol. The van der Waals surface area contributed by atoms with Crippen LogP contribution in [0.2, 0.25) is 5.02 Å². The summed E-state index contributed by atoms with van der Waals surface area (Å²) >= 11 is 7.79. The molecule has 156 valence electrons. The van der Waals surface area contributed by atoms with E-state index < -0.39 is 12.5 Å². The maximum absolute atomic E-state index is 11.7. The summed E-state index contributed by atoms with van der Waals surface area (Å²) in [6.45, 7) is 5.16. The topological polar surface area (TPSA) is 104 Å². The molecule has 1 aliphatic rings. The molecule has 29 heavy (non-hydrogen) atoms. The van der Waals surface area contributed by atoms with Gasteiger partial charge >= 0.3 is 5.97 Å². The van der Waals surface area contributed by atoms with Crippen molar-refractivity contribution in [3.05, 3.63) is 34.3 Å². The zero-order chi connectivity index (χ0) is 20.6. The Bertz CT molecular complexity index is 854. The first-order chi connectivity index (χ1) is 14.0. The van der Waals surface area contributed by atoms with E-state index in [0.29, 0.717) is 28.1 Å². The summed E-state index contributed by atoms with van der Waals surface area (Å²) in [5, 5.41) is 17.2. The van der Waals surface area contributed by atoms with E-state index >= 15 is 0 Å². The van der Waals surface area contributed by atoms with E-state index in [-0.39, 0.29) is 12.3 Å². The van der Waals surface area contributed by atoms with Crippen molar-refractivity contribution in [3.63, 3.8) is 0 Å². The van der Waals surface area contributed by atoms with Gasteiger partial charge in [-0.25, -0.2) is 4.98 Å². The van der Waals surface area contributed by atoms with E-state index in [0.717, 1.165) is 38.3 Å². The van der Waals surface area contributed by atoms with Gasteiger partial charge in [0.2, 0.25) is 5.91 Å². The van der Waals surface area contributed by atoms with Crippen LogP contribution >= 0.6 is 22.9 Å². The number of carbonyl (C=O) groups excluding carboxylic acids is 1. The second-order valence-electron chi connectivity index (χ2n) is 6.57. The van der Waals surface area contributed by atoms with Gasteiger partial charge in [0.15, 0.2) is 0 Å². The summed E-state index contributed by atoms with van der Waals surface area (Å²) in [4.78, 5) is 29.0. The molecule has 0 saturated carbocycles. The quantitative estimate of drug-likeness (QED) is 0.545. The molecule has 3 rings (SSSR count). The fourth-order valence-corrected chi connectivity index (χ4v) is 4.07. The summed E-state index contributed by atoms with van der Waals surface area (Å²) in [7, 11) is 0. The Hall–Kier alpha value is -2.20. The zero-order valence-corrected chi connectivity index (χ0v) is 17.4. The van der Waals surface area contributed by atoms with Crippen molar-refractivity contribution < 1.29 is 19.4 Å². The molecule has 1 fully saturated rings. The molecule has 1 aliphatic heterocycles. The first kappa shape index (κ1) is 21.5. The van der Waals surface area contributed by atoms with Crippen molar-refractivity contribution >= 4 is 34.8 Å². The smallest absolute Gasteiger partial charge is 0.322 e. The Morgan fingerprint density at radius 3 is 2.86 bits per heavy atom. The lowest BCUT2D eigenvalue weighted by molar-refractivity contribution is -0.137. The SMILES string of the molecule is O=C(O)CNC(=O)Cc1csc(-c2ccc(OCCN3CCNCC3)cc2Cl)n1. The third-order valence-corrected chi connectivity index (χ3v) is 5.62. The van der Waals surface area contributed by atoms with E-state index in [1.54, 1.807) is 11.4 Å². The van der Waals surface area contributed by atoms with Crippen molar-refractivity contribution in [1.29, 1.82) is 0 Å². The van der Waals surface area contributed by atoms with Crippen LogP contribution < -0.4 is 15.4 Å². The number of amides is 1. The summed E-state index contributed by atoms with van der Waals surface area (Å²) in [5.74, 6) is -0.762. The minimum atomic E-state index is -1.08. The maximum Gasteiger partial charge on any atom is 0.322 e. The number of nitrogens with zero attached hydrogens (tertiary/aromatic N) is 2. The fourth-order valence-electron chi connectivity index (χ4n) is 2.90. The molecule has 8 nitrogen and oxygen atoms in total. The number of carboxylic acid groups (broad SMARTS) is 1. The molecule has 2 aromatic rings. The van der Waals surface area contributed by atoms with Gasteiger partial charge in [0.1, 0.15) is 23.9 Å². The molecular formula is C19H23ClN4O4S. The van der Waals surface area contributed by atoms with Crippen LogP contribution in [0.5, 0.6) is 5.75 Å². The van der Waals surface area contributed by atoms with Crippen LogP contribution in [0.3, 0.4) is 0 Å². The van der Waals surface area contributed by atoms with Gasteiger partial charge in [0.05, 0.1) is 17.1 Å². The van der Waals surface area contributed by atoms with E-state index in [4.69, 9.17) is 21.4 Å². The van der Waals surface area contributed by atoms with Gasteiger partial charge in [0, 0.05) is 43.7 Å². The third kappa shape index (κ3) is 6.67. The van der Waals surface area contributed by atoms with Crippen molar-refractivity contribution in [2.24, 2.45) is 0 Å². The first-order valence-electron chi connectivity index (χ1n) is 9.30. The van der Waals surface area contributed by atoms with E-state index in [9.17, 15) is 9.59 Å². The minimum absolute atomic E-state index is 0.0224. The van der Waals surface area contributed by atoms with Crippen LogP contribution in [0.15, 0.2) is 23.6 Å². The Labute approximate surface area is 177 Å². The van der Waals surface area contributed by atoms with Crippen LogP contribution in [-0.4, -0.2) is 72.7 Å². The molecule has 1 aromatic carbocycles. The summed E-state index contributed by atoms with van der Waals surface area (Å²) in [6, 6.07) is 5.49. The summed E-state index contributed by atoms with van der Waals surface area (Å²) < 4.78 is 5.82. The number of hydrogen-bond acceptors (Lipinski definition) is 7. The molecule has 0 bridgehead atoms. The van der Waals surface area contributed by atoms with E-state index in [1.165, 1.54) is 11.3 Å². The zero-order valence-electron chi connectivity index (χ0n) is 15.8. The molecule has 1 saturated heterocycles. The molecule has 1 aromatic heterocycles. The molecule has 1 amide bonds. The average molecular weight is 439 g/mol. The third-order valence-electron chi connectivity index (χ3n) is 4.39. The number of rotatable bonds is 9. The molecule has 10 heteroatoms. The molecule has 2 heterocycles. The standard InChI is InChI=1S/C19H23ClN4O4S/c20-16-10-14(28-8-7-24-5-3-21-4-6-24)1-2-15(16)19-23-13(12-29-19)9-17(25)22-11-18(26)27/h1-2,10,12,21H,3-9,11H2,(H,22,25)(H,26,27). The monoisotopic (exact) mass is 438 g/mol. The maximum atomic E-state index is 11.7. The molecule has 0 aliphatic carbocycles. The number of aromatic nitrogens is 1. The van der Waals surface area contributed by atoms with E-state index in [1.807, 2.05) is 12.1 Å². The highest BCUT2D eigenvalue weighted by molar-refractivity contribution is 7.13. The number of carbonyl (C=O) groups is 2. The van der Waals surface area contributed by atoms with Gasteiger partial charge in [-0.2, -0.15) is 0 Å². The molecule has 0 spiro atoms.